The molecular formula is C18H19N5O3S2. The highest BCUT2D eigenvalue weighted by atomic mass is 32.2. The number of primary sulfonamides is 1. The Bertz CT molecular complexity index is 1080. The standard InChI is InChI=1S/C18H19N5O3S2/c1-12(17(24)20-14-8-10-15(11-9-14)28(19,25)26)27-18-22-21-16(23(18)2)13-6-4-3-5-7-13/h3-12H,1-2H3,(H,20,24)(H2,19,25,26)/t12-/m1/s1. The molecule has 0 unspecified atom stereocenters. The Labute approximate surface area is 167 Å². The van der Waals surface area contributed by atoms with Crippen LogP contribution < -0.4 is 10.5 Å². The first-order valence-electron chi connectivity index (χ1n) is 8.31. The molecule has 28 heavy (non-hydrogen) atoms. The molecular weight excluding hydrogens is 398 g/mol. The number of nitrogens with zero attached hydrogens (tertiary/aromatic N) is 3. The fourth-order valence-electron chi connectivity index (χ4n) is 2.44. The summed E-state index contributed by atoms with van der Waals surface area (Å²) >= 11 is 1.28. The lowest BCUT2D eigenvalue weighted by molar-refractivity contribution is -0.115. The molecule has 3 rings (SSSR count). The molecule has 0 aliphatic heterocycles. The number of nitrogens with two attached hydrogens (primary N) is 1. The Hall–Kier alpha value is -2.69. The third-order valence-electron chi connectivity index (χ3n) is 3.97. The van der Waals surface area contributed by atoms with Crippen LogP contribution in [0, 0.1) is 0 Å². The van der Waals surface area contributed by atoms with Crippen molar-refractivity contribution >= 4 is 33.4 Å². The second kappa shape index (κ2) is 8.13. The number of benzene rings is 2. The molecule has 0 aliphatic carbocycles. The Balaban J connectivity index is 1.67. The average molecular weight is 418 g/mol. The first-order chi connectivity index (χ1) is 13.3. The number of rotatable bonds is 6. The van der Waals surface area contributed by atoms with Crippen LogP contribution in [0.15, 0.2) is 64.6 Å². The van der Waals surface area contributed by atoms with E-state index in [4.69, 9.17) is 5.14 Å². The molecule has 0 saturated heterocycles. The van der Waals surface area contributed by atoms with Gasteiger partial charge in [-0.1, -0.05) is 42.1 Å². The lowest BCUT2D eigenvalue weighted by Gasteiger charge is -2.12. The summed E-state index contributed by atoms with van der Waals surface area (Å²) in [6.45, 7) is 1.76. The van der Waals surface area contributed by atoms with Gasteiger partial charge >= 0.3 is 0 Å². The maximum absolute atomic E-state index is 12.5. The largest absolute Gasteiger partial charge is 0.325 e. The molecule has 2 aromatic carbocycles. The highest BCUT2D eigenvalue weighted by molar-refractivity contribution is 8.00. The van der Waals surface area contributed by atoms with Gasteiger partial charge in [-0.25, -0.2) is 13.6 Å². The molecule has 1 aromatic heterocycles. The number of anilines is 1. The molecule has 10 heteroatoms. The van der Waals surface area contributed by atoms with Crippen molar-refractivity contribution in [3.05, 3.63) is 54.6 Å². The topological polar surface area (TPSA) is 120 Å². The lowest BCUT2D eigenvalue weighted by Crippen LogP contribution is -2.23. The molecule has 3 aromatic rings. The van der Waals surface area contributed by atoms with Gasteiger partial charge in [-0.05, 0) is 31.2 Å². The van der Waals surface area contributed by atoms with Crippen LogP contribution in [0.3, 0.4) is 0 Å². The monoisotopic (exact) mass is 417 g/mol. The van der Waals surface area contributed by atoms with Crippen LogP contribution in [0.4, 0.5) is 5.69 Å². The summed E-state index contributed by atoms with van der Waals surface area (Å²) in [4.78, 5) is 12.4. The van der Waals surface area contributed by atoms with Crippen LogP contribution >= 0.6 is 11.8 Å². The van der Waals surface area contributed by atoms with Gasteiger partial charge < -0.3 is 9.88 Å². The minimum atomic E-state index is -3.77. The van der Waals surface area contributed by atoms with Gasteiger partial charge in [0.15, 0.2) is 11.0 Å². The van der Waals surface area contributed by atoms with Crippen LogP contribution in [0.5, 0.6) is 0 Å². The van der Waals surface area contributed by atoms with Crippen molar-refractivity contribution in [2.75, 3.05) is 5.32 Å². The maximum atomic E-state index is 12.5. The number of aromatic nitrogens is 3. The first-order valence-corrected chi connectivity index (χ1v) is 10.7. The van der Waals surface area contributed by atoms with E-state index in [9.17, 15) is 13.2 Å². The average Bonchev–Trinajstić information content (AvgIpc) is 3.02. The lowest BCUT2D eigenvalue weighted by atomic mass is 10.2. The third kappa shape index (κ3) is 4.58. The minimum absolute atomic E-state index is 0.0135. The maximum Gasteiger partial charge on any atom is 0.238 e. The predicted molar refractivity (Wildman–Crippen MR) is 108 cm³/mol. The zero-order chi connectivity index (χ0) is 20.3. The molecule has 1 heterocycles. The highest BCUT2D eigenvalue weighted by Gasteiger charge is 2.19. The van der Waals surface area contributed by atoms with Crippen LogP contribution in [0.2, 0.25) is 0 Å². The fraction of sp³-hybridized carbons (Fsp3) is 0.167. The van der Waals surface area contributed by atoms with Crippen LogP contribution in [0.1, 0.15) is 6.92 Å². The zero-order valence-corrected chi connectivity index (χ0v) is 16.9. The second-order valence-electron chi connectivity index (χ2n) is 6.05. The van der Waals surface area contributed by atoms with Gasteiger partial charge in [-0.15, -0.1) is 10.2 Å². The third-order valence-corrected chi connectivity index (χ3v) is 6.03. The number of amides is 1. The molecule has 0 bridgehead atoms. The van der Waals surface area contributed by atoms with Gasteiger partial charge in [-0.2, -0.15) is 0 Å². The van der Waals surface area contributed by atoms with Gasteiger partial charge in [0, 0.05) is 18.3 Å². The Morgan fingerprint density at radius 1 is 1.11 bits per heavy atom. The summed E-state index contributed by atoms with van der Waals surface area (Å²) in [6.07, 6.45) is 0. The molecule has 0 fully saturated rings. The number of hydrogen-bond donors (Lipinski definition) is 2. The summed E-state index contributed by atoms with van der Waals surface area (Å²) in [6, 6.07) is 15.3. The minimum Gasteiger partial charge on any atom is -0.325 e. The van der Waals surface area contributed by atoms with Crippen LogP contribution in [-0.2, 0) is 21.9 Å². The van der Waals surface area contributed by atoms with E-state index in [0.717, 1.165) is 5.56 Å². The molecule has 1 amide bonds. The summed E-state index contributed by atoms with van der Waals surface area (Å²) in [5.74, 6) is 0.479. The van der Waals surface area contributed by atoms with E-state index in [1.165, 1.54) is 36.0 Å². The quantitative estimate of drug-likeness (QED) is 0.594. The summed E-state index contributed by atoms with van der Waals surface area (Å²) in [7, 11) is -1.92. The van der Waals surface area contributed by atoms with E-state index in [0.29, 0.717) is 16.7 Å². The Morgan fingerprint density at radius 3 is 2.36 bits per heavy atom. The van der Waals surface area contributed by atoms with Gasteiger partial charge in [0.05, 0.1) is 10.1 Å². The highest BCUT2D eigenvalue weighted by Crippen LogP contribution is 2.26. The summed E-state index contributed by atoms with van der Waals surface area (Å²) in [5, 5.41) is 16.4. The van der Waals surface area contributed by atoms with E-state index < -0.39 is 15.3 Å². The van der Waals surface area contributed by atoms with E-state index >= 15 is 0 Å². The zero-order valence-electron chi connectivity index (χ0n) is 15.2. The molecule has 0 aliphatic rings. The molecule has 0 saturated carbocycles. The van der Waals surface area contributed by atoms with Crippen molar-refractivity contribution in [3.8, 4) is 11.4 Å². The van der Waals surface area contributed by atoms with Crippen molar-refractivity contribution in [1.29, 1.82) is 0 Å². The van der Waals surface area contributed by atoms with Crippen molar-refractivity contribution in [1.82, 2.24) is 14.8 Å². The smallest absolute Gasteiger partial charge is 0.238 e. The first kappa shape index (κ1) is 20.1. The molecule has 1 atom stereocenters. The fourth-order valence-corrected chi connectivity index (χ4v) is 3.77. The molecule has 8 nitrogen and oxygen atoms in total. The number of hydrogen-bond acceptors (Lipinski definition) is 6. The van der Waals surface area contributed by atoms with E-state index in [1.807, 2.05) is 41.9 Å². The normalized spacial score (nSPS) is 12.5. The van der Waals surface area contributed by atoms with Crippen molar-refractivity contribution in [3.63, 3.8) is 0 Å². The number of nitrogens with one attached hydrogen (secondary N) is 1. The van der Waals surface area contributed by atoms with Gasteiger partial charge in [0.1, 0.15) is 0 Å². The molecule has 3 N–H and O–H groups in total. The van der Waals surface area contributed by atoms with Crippen LogP contribution in [0.25, 0.3) is 11.4 Å². The number of carbonyl (C=O) groups is 1. The SMILES string of the molecule is C[C@@H](Sc1nnc(-c2ccccc2)n1C)C(=O)Nc1ccc(S(N)(=O)=O)cc1. The molecule has 146 valence electrons. The van der Waals surface area contributed by atoms with Crippen LogP contribution in [-0.4, -0.2) is 34.3 Å². The van der Waals surface area contributed by atoms with E-state index in [2.05, 4.69) is 15.5 Å². The number of sulfonamides is 1. The number of carbonyl (C=O) groups excluding carboxylic acids is 1. The molecule has 0 spiro atoms. The van der Waals surface area contributed by atoms with E-state index in [1.54, 1.807) is 6.92 Å². The Morgan fingerprint density at radius 2 is 1.75 bits per heavy atom. The van der Waals surface area contributed by atoms with E-state index in [-0.39, 0.29) is 10.8 Å². The summed E-state index contributed by atoms with van der Waals surface area (Å²) < 4.78 is 24.4. The molecule has 0 radical (unpaired) electrons. The van der Waals surface area contributed by atoms with Crippen molar-refractivity contribution in [2.24, 2.45) is 12.2 Å². The van der Waals surface area contributed by atoms with Crippen molar-refractivity contribution in [2.45, 2.75) is 22.2 Å². The summed E-state index contributed by atoms with van der Waals surface area (Å²) in [5.41, 5.74) is 1.42. The van der Waals surface area contributed by atoms with Crippen molar-refractivity contribution < 1.29 is 13.2 Å². The Kier molecular flexibility index (Phi) is 5.82. The second-order valence-corrected chi connectivity index (χ2v) is 8.92. The predicted octanol–water partition coefficient (Wildman–Crippen LogP) is 2.25. The van der Waals surface area contributed by atoms with Gasteiger partial charge in [-0.3, -0.25) is 4.79 Å². The van der Waals surface area contributed by atoms with Gasteiger partial charge in [0.2, 0.25) is 15.9 Å². The number of thioether (sulfide) groups is 1. The van der Waals surface area contributed by atoms with Gasteiger partial charge in [0.25, 0.3) is 0 Å².